The Morgan fingerprint density at radius 3 is 2.27 bits per heavy atom. The van der Waals surface area contributed by atoms with Crippen molar-refractivity contribution in [1.29, 1.82) is 0 Å². The fraction of sp³-hybridized carbons (Fsp3) is 0.192. The number of benzene rings is 3. The van der Waals surface area contributed by atoms with Gasteiger partial charge in [-0.25, -0.2) is 4.79 Å². The van der Waals surface area contributed by atoms with Crippen LogP contribution in [0.4, 0.5) is 36.8 Å². The molecular formula is C26H19F6N3O2. The standard InChI is InChI=1S/C26H19F6N3O2/c1-37-17-9-6-15(7-10-17)14-35-22-11-8-16(25(27,28)29)12-19(22)24(26(30,31)32,34-23(35)36)20-13-33-21-5-3-2-4-18(20)21/h2-13,33H,14H2,1H3,(H,34,36)/t24-/m0/s1. The Bertz CT molecular complexity index is 1480. The predicted molar refractivity (Wildman–Crippen MR) is 124 cm³/mol. The van der Waals surface area contributed by atoms with Gasteiger partial charge in [0.15, 0.2) is 5.54 Å². The number of rotatable bonds is 4. The van der Waals surface area contributed by atoms with Crippen LogP contribution in [0.5, 0.6) is 5.75 Å². The number of urea groups is 1. The molecule has 0 bridgehead atoms. The van der Waals surface area contributed by atoms with E-state index in [2.05, 4.69) is 4.98 Å². The summed E-state index contributed by atoms with van der Waals surface area (Å²) in [5.41, 5.74) is -5.05. The number of H-pyrrole nitrogens is 1. The van der Waals surface area contributed by atoms with Gasteiger partial charge in [0.25, 0.3) is 0 Å². The van der Waals surface area contributed by atoms with Gasteiger partial charge in [-0.1, -0.05) is 30.3 Å². The molecule has 1 aliphatic heterocycles. The molecule has 0 spiro atoms. The average Bonchev–Trinajstić information content (AvgIpc) is 3.29. The quantitative estimate of drug-likeness (QED) is 0.294. The first-order valence-electron chi connectivity index (χ1n) is 11.0. The summed E-state index contributed by atoms with van der Waals surface area (Å²) >= 11 is 0. The first-order chi connectivity index (χ1) is 17.5. The number of para-hydroxylation sites is 1. The minimum absolute atomic E-state index is 0.118. The van der Waals surface area contributed by atoms with Crippen molar-refractivity contribution in [1.82, 2.24) is 10.3 Å². The van der Waals surface area contributed by atoms with Crippen LogP contribution < -0.4 is 15.0 Å². The van der Waals surface area contributed by atoms with Crippen LogP contribution in [-0.2, 0) is 18.3 Å². The first-order valence-corrected chi connectivity index (χ1v) is 11.0. The van der Waals surface area contributed by atoms with Crippen molar-refractivity contribution in [3.05, 3.63) is 95.2 Å². The molecule has 11 heteroatoms. The first kappa shape index (κ1) is 24.5. The van der Waals surface area contributed by atoms with E-state index in [-0.39, 0.29) is 17.6 Å². The lowest BCUT2D eigenvalue weighted by atomic mass is 9.78. The van der Waals surface area contributed by atoms with Crippen LogP contribution in [0.1, 0.15) is 22.3 Å². The Morgan fingerprint density at radius 2 is 1.62 bits per heavy atom. The molecule has 5 nitrogen and oxygen atoms in total. The van der Waals surface area contributed by atoms with Crippen molar-refractivity contribution in [2.75, 3.05) is 12.0 Å². The second kappa shape index (κ2) is 8.46. The van der Waals surface area contributed by atoms with Crippen LogP contribution in [0.3, 0.4) is 0 Å². The Kier molecular flexibility index (Phi) is 5.61. The van der Waals surface area contributed by atoms with Crippen molar-refractivity contribution in [2.45, 2.75) is 24.4 Å². The SMILES string of the molecule is COc1ccc(CN2C(=O)N[C@@](c3c[nH]c4ccccc34)(C(F)(F)F)c3cc(C(F)(F)F)ccc32)cc1. The summed E-state index contributed by atoms with van der Waals surface area (Å²) in [6.45, 7) is -0.185. The maximum atomic E-state index is 15.1. The predicted octanol–water partition coefficient (Wildman–Crippen LogP) is 6.73. The van der Waals surface area contributed by atoms with Gasteiger partial charge >= 0.3 is 18.4 Å². The second-order valence-electron chi connectivity index (χ2n) is 8.59. The number of aromatic nitrogens is 1. The third kappa shape index (κ3) is 3.94. The molecule has 0 aliphatic carbocycles. The fourth-order valence-corrected chi connectivity index (χ4v) is 4.69. The molecule has 0 saturated heterocycles. The molecule has 192 valence electrons. The molecule has 2 N–H and O–H groups in total. The molecule has 0 fully saturated rings. The van der Waals surface area contributed by atoms with E-state index in [1.54, 1.807) is 30.3 Å². The normalized spacial score (nSPS) is 18.0. The minimum Gasteiger partial charge on any atom is -0.497 e. The molecular weight excluding hydrogens is 500 g/mol. The minimum atomic E-state index is -5.20. The fourth-order valence-electron chi connectivity index (χ4n) is 4.69. The number of hydrogen-bond acceptors (Lipinski definition) is 2. The highest BCUT2D eigenvalue weighted by Gasteiger charge is 2.63. The van der Waals surface area contributed by atoms with Crippen LogP contribution in [0.25, 0.3) is 10.9 Å². The number of anilines is 1. The third-order valence-electron chi connectivity index (χ3n) is 6.48. The van der Waals surface area contributed by atoms with E-state index in [9.17, 15) is 18.0 Å². The molecule has 2 amide bonds. The van der Waals surface area contributed by atoms with Gasteiger partial charge in [-0.15, -0.1) is 0 Å². The molecule has 1 aliphatic rings. The molecule has 2 heterocycles. The second-order valence-corrected chi connectivity index (χ2v) is 8.59. The number of fused-ring (bicyclic) bond motifs is 2. The summed E-state index contributed by atoms with van der Waals surface area (Å²) in [6, 6.07) is 13.5. The van der Waals surface area contributed by atoms with E-state index in [0.717, 1.165) is 17.2 Å². The van der Waals surface area contributed by atoms with Crippen LogP contribution in [0.15, 0.2) is 72.9 Å². The number of amides is 2. The van der Waals surface area contributed by atoms with E-state index in [4.69, 9.17) is 4.74 Å². The van der Waals surface area contributed by atoms with E-state index in [0.29, 0.717) is 29.0 Å². The number of aromatic amines is 1. The van der Waals surface area contributed by atoms with Crippen LogP contribution >= 0.6 is 0 Å². The number of hydrogen-bond donors (Lipinski definition) is 2. The summed E-state index contributed by atoms with van der Waals surface area (Å²) in [7, 11) is 1.46. The van der Waals surface area contributed by atoms with Crippen molar-refractivity contribution in [3.8, 4) is 5.75 Å². The monoisotopic (exact) mass is 519 g/mol. The summed E-state index contributed by atoms with van der Waals surface area (Å²) in [6.07, 6.45) is -9.03. The maximum absolute atomic E-state index is 15.1. The van der Waals surface area contributed by atoms with Crippen molar-refractivity contribution < 1.29 is 35.9 Å². The number of carbonyl (C=O) groups is 1. The number of methoxy groups -OCH3 is 1. The Hall–Kier alpha value is -4.15. The third-order valence-corrected chi connectivity index (χ3v) is 6.48. The highest BCUT2D eigenvalue weighted by atomic mass is 19.4. The number of carbonyl (C=O) groups excluding carboxylic acids is 1. The number of alkyl halides is 6. The zero-order chi connectivity index (χ0) is 26.6. The number of ether oxygens (including phenoxy) is 1. The zero-order valence-corrected chi connectivity index (χ0v) is 19.2. The maximum Gasteiger partial charge on any atom is 0.420 e. The lowest BCUT2D eigenvalue weighted by Crippen LogP contribution is -2.63. The summed E-state index contributed by atoms with van der Waals surface area (Å²) in [5.74, 6) is 0.525. The lowest BCUT2D eigenvalue weighted by molar-refractivity contribution is -0.184. The smallest absolute Gasteiger partial charge is 0.420 e. The number of nitrogens with one attached hydrogen (secondary N) is 2. The van der Waals surface area contributed by atoms with E-state index in [1.165, 1.54) is 25.3 Å². The van der Waals surface area contributed by atoms with Crippen LogP contribution in [0.2, 0.25) is 0 Å². The van der Waals surface area contributed by atoms with Gasteiger partial charge in [0.1, 0.15) is 5.75 Å². The van der Waals surface area contributed by atoms with Gasteiger partial charge in [0.05, 0.1) is 24.9 Å². The lowest BCUT2D eigenvalue weighted by Gasteiger charge is -2.45. The highest BCUT2D eigenvalue weighted by Crippen LogP contribution is 2.52. The van der Waals surface area contributed by atoms with E-state index >= 15 is 13.2 Å². The Labute approximate surface area is 206 Å². The number of nitrogens with zero attached hydrogens (tertiary/aromatic N) is 1. The van der Waals surface area contributed by atoms with Crippen LogP contribution in [-0.4, -0.2) is 24.3 Å². The van der Waals surface area contributed by atoms with Crippen molar-refractivity contribution >= 4 is 22.6 Å². The summed E-state index contributed by atoms with van der Waals surface area (Å²) < 4.78 is 91.4. The van der Waals surface area contributed by atoms with Gasteiger partial charge in [0, 0.05) is 28.2 Å². The molecule has 1 aromatic heterocycles. The van der Waals surface area contributed by atoms with Gasteiger partial charge in [-0.3, -0.25) is 4.90 Å². The topological polar surface area (TPSA) is 57.4 Å². The van der Waals surface area contributed by atoms with E-state index < -0.39 is 40.6 Å². The van der Waals surface area contributed by atoms with Gasteiger partial charge < -0.3 is 15.0 Å². The molecule has 0 saturated carbocycles. The van der Waals surface area contributed by atoms with E-state index in [1.807, 2.05) is 5.32 Å². The van der Waals surface area contributed by atoms with Crippen molar-refractivity contribution in [3.63, 3.8) is 0 Å². The Balaban J connectivity index is 1.76. The molecule has 3 aromatic carbocycles. The van der Waals surface area contributed by atoms with Crippen molar-refractivity contribution in [2.24, 2.45) is 0 Å². The van der Waals surface area contributed by atoms with Gasteiger partial charge in [0.2, 0.25) is 0 Å². The summed E-state index contributed by atoms with van der Waals surface area (Å²) in [5, 5.41) is 2.16. The van der Waals surface area contributed by atoms with Gasteiger partial charge in [-0.05, 0) is 42.0 Å². The van der Waals surface area contributed by atoms with Crippen LogP contribution in [0, 0.1) is 0 Å². The molecule has 0 radical (unpaired) electrons. The average molecular weight is 519 g/mol. The molecule has 37 heavy (non-hydrogen) atoms. The molecule has 4 aromatic rings. The Morgan fingerprint density at radius 1 is 0.919 bits per heavy atom. The van der Waals surface area contributed by atoms with Gasteiger partial charge in [-0.2, -0.15) is 26.3 Å². The zero-order valence-electron chi connectivity index (χ0n) is 19.2. The molecule has 0 unspecified atom stereocenters. The molecule has 1 atom stereocenters. The highest BCUT2D eigenvalue weighted by molar-refractivity contribution is 5.98. The number of halogens is 6. The summed E-state index contributed by atoms with van der Waals surface area (Å²) in [4.78, 5) is 17.0. The largest absolute Gasteiger partial charge is 0.497 e. The molecule has 5 rings (SSSR count).